The predicted molar refractivity (Wildman–Crippen MR) is 70.1 cm³/mol. The molecule has 2 rings (SSSR count). The molecule has 0 saturated carbocycles. The summed E-state index contributed by atoms with van der Waals surface area (Å²) in [4.78, 5) is 0. The topological polar surface area (TPSA) is 21.7 Å². The summed E-state index contributed by atoms with van der Waals surface area (Å²) in [6.45, 7) is 8.96. The van der Waals surface area contributed by atoms with Crippen LogP contribution in [0.15, 0.2) is 12.1 Å². The SMILES string of the molecule is CC(C)c1cc(C(C)C)c2c(c1)n(C)n[n+]2C. The number of hydrogen-bond acceptors (Lipinski definition) is 1. The quantitative estimate of drug-likeness (QED) is 0.729. The fourth-order valence-corrected chi connectivity index (χ4v) is 2.33. The van der Waals surface area contributed by atoms with Crippen molar-refractivity contribution in [3.8, 4) is 0 Å². The molecule has 0 N–H and O–H groups in total. The molecule has 17 heavy (non-hydrogen) atoms. The monoisotopic (exact) mass is 232 g/mol. The standard InChI is InChI=1S/C14H22N3/c1-9(2)11-7-12(10(3)4)14-13(8-11)16(5)15-17(14)6/h7-10H,1-6H3/q+1. The van der Waals surface area contributed by atoms with Gasteiger partial charge in [0.1, 0.15) is 14.1 Å². The molecule has 0 radical (unpaired) electrons. The first-order valence-corrected chi connectivity index (χ1v) is 6.28. The minimum atomic E-state index is 0.520. The summed E-state index contributed by atoms with van der Waals surface area (Å²) < 4.78 is 3.95. The average molecular weight is 232 g/mol. The fraction of sp³-hybridized carbons (Fsp3) is 0.571. The van der Waals surface area contributed by atoms with Gasteiger partial charge < -0.3 is 0 Å². The second-order valence-electron chi connectivity index (χ2n) is 5.42. The molecule has 92 valence electrons. The molecular weight excluding hydrogens is 210 g/mol. The first kappa shape index (κ1) is 12.1. The van der Waals surface area contributed by atoms with Gasteiger partial charge in [-0.25, -0.2) is 0 Å². The zero-order valence-electron chi connectivity index (χ0n) is 11.7. The molecule has 1 heterocycles. The van der Waals surface area contributed by atoms with E-state index in [-0.39, 0.29) is 0 Å². The van der Waals surface area contributed by atoms with Gasteiger partial charge in [-0.05, 0) is 23.5 Å². The van der Waals surface area contributed by atoms with Crippen LogP contribution < -0.4 is 4.68 Å². The highest BCUT2D eigenvalue weighted by atomic mass is 15.5. The number of benzene rings is 1. The number of aryl methyl sites for hydroxylation is 2. The van der Waals surface area contributed by atoms with Crippen molar-refractivity contribution in [1.29, 1.82) is 0 Å². The van der Waals surface area contributed by atoms with E-state index in [9.17, 15) is 0 Å². The molecule has 3 nitrogen and oxygen atoms in total. The van der Waals surface area contributed by atoms with Crippen LogP contribution in [0.2, 0.25) is 0 Å². The Bertz CT molecular complexity index is 550. The van der Waals surface area contributed by atoms with Gasteiger partial charge in [0, 0.05) is 5.56 Å². The fourth-order valence-electron chi connectivity index (χ4n) is 2.33. The number of aromatic nitrogens is 3. The number of rotatable bonds is 2. The summed E-state index contributed by atoms with van der Waals surface area (Å²) >= 11 is 0. The van der Waals surface area contributed by atoms with E-state index in [0.717, 1.165) is 0 Å². The maximum atomic E-state index is 4.47. The van der Waals surface area contributed by atoms with Crippen molar-refractivity contribution in [3.05, 3.63) is 23.3 Å². The molecule has 1 aromatic heterocycles. The van der Waals surface area contributed by atoms with E-state index in [1.54, 1.807) is 0 Å². The molecule has 0 aliphatic carbocycles. The van der Waals surface area contributed by atoms with Gasteiger partial charge in [0.25, 0.3) is 0 Å². The minimum Gasteiger partial charge on any atom is -0.132 e. The van der Waals surface area contributed by atoms with Crippen molar-refractivity contribution in [2.45, 2.75) is 39.5 Å². The lowest BCUT2D eigenvalue weighted by atomic mass is 9.94. The highest BCUT2D eigenvalue weighted by molar-refractivity contribution is 5.77. The van der Waals surface area contributed by atoms with Crippen LogP contribution >= 0.6 is 0 Å². The summed E-state index contributed by atoms with van der Waals surface area (Å²) in [5, 5.41) is 4.47. The van der Waals surface area contributed by atoms with Crippen LogP contribution in [0.3, 0.4) is 0 Å². The van der Waals surface area contributed by atoms with E-state index in [1.165, 1.54) is 22.2 Å². The van der Waals surface area contributed by atoms with E-state index >= 15 is 0 Å². The van der Waals surface area contributed by atoms with Crippen molar-refractivity contribution in [1.82, 2.24) is 9.90 Å². The highest BCUT2D eigenvalue weighted by Crippen LogP contribution is 2.27. The molecule has 0 amide bonds. The maximum Gasteiger partial charge on any atom is 0.201 e. The third-order valence-corrected chi connectivity index (χ3v) is 3.37. The van der Waals surface area contributed by atoms with E-state index in [4.69, 9.17) is 0 Å². The average Bonchev–Trinajstić information content (AvgIpc) is 2.53. The van der Waals surface area contributed by atoms with Crippen molar-refractivity contribution < 1.29 is 4.68 Å². The number of nitrogens with zero attached hydrogens (tertiary/aromatic N) is 3. The Labute approximate surface area is 103 Å². The van der Waals surface area contributed by atoms with Crippen molar-refractivity contribution >= 4 is 11.0 Å². The second-order valence-corrected chi connectivity index (χ2v) is 5.42. The lowest BCUT2D eigenvalue weighted by Crippen LogP contribution is -2.32. The molecule has 0 aliphatic heterocycles. The van der Waals surface area contributed by atoms with Gasteiger partial charge in [0.15, 0.2) is 5.52 Å². The Kier molecular flexibility index (Phi) is 2.94. The molecule has 0 saturated heterocycles. The lowest BCUT2D eigenvalue weighted by molar-refractivity contribution is -0.709. The Morgan fingerprint density at radius 2 is 1.76 bits per heavy atom. The van der Waals surface area contributed by atoms with Crippen molar-refractivity contribution in [3.63, 3.8) is 0 Å². The van der Waals surface area contributed by atoms with Gasteiger partial charge in [-0.15, -0.1) is 9.36 Å². The summed E-state index contributed by atoms with van der Waals surface area (Å²) in [7, 11) is 4.03. The summed E-state index contributed by atoms with van der Waals surface area (Å²) in [5.74, 6) is 1.07. The molecule has 0 fully saturated rings. The van der Waals surface area contributed by atoms with Crippen LogP contribution in [0.25, 0.3) is 11.0 Å². The molecule has 0 unspecified atom stereocenters. The zero-order chi connectivity index (χ0) is 12.7. The molecule has 0 aliphatic rings. The predicted octanol–water partition coefficient (Wildman–Crippen LogP) is 2.64. The van der Waals surface area contributed by atoms with Gasteiger partial charge >= 0.3 is 0 Å². The molecule has 0 atom stereocenters. The zero-order valence-corrected chi connectivity index (χ0v) is 11.7. The molecule has 0 bridgehead atoms. The van der Waals surface area contributed by atoms with Gasteiger partial charge in [0.05, 0.1) is 5.21 Å². The van der Waals surface area contributed by atoms with Gasteiger partial charge in [-0.2, -0.15) is 0 Å². The Morgan fingerprint density at radius 3 is 2.29 bits per heavy atom. The Balaban J connectivity index is 2.83. The van der Waals surface area contributed by atoms with Gasteiger partial charge in [-0.3, -0.25) is 0 Å². The van der Waals surface area contributed by atoms with Crippen molar-refractivity contribution in [2.24, 2.45) is 14.1 Å². The summed E-state index contributed by atoms with van der Waals surface area (Å²) in [5.41, 5.74) is 5.26. The maximum absolute atomic E-state index is 4.47. The molecule has 2 aromatic rings. The van der Waals surface area contributed by atoms with E-state index < -0.39 is 0 Å². The minimum absolute atomic E-state index is 0.520. The Morgan fingerprint density at radius 1 is 1.12 bits per heavy atom. The molecule has 1 aromatic carbocycles. The molecular formula is C14H22N3+. The number of fused-ring (bicyclic) bond motifs is 1. The number of hydrogen-bond donors (Lipinski definition) is 0. The lowest BCUT2D eigenvalue weighted by Gasteiger charge is -2.10. The van der Waals surface area contributed by atoms with E-state index in [0.29, 0.717) is 11.8 Å². The van der Waals surface area contributed by atoms with Crippen LogP contribution in [-0.2, 0) is 14.1 Å². The second kappa shape index (κ2) is 4.13. The first-order chi connectivity index (χ1) is 7.91. The normalized spacial score (nSPS) is 12.0. The summed E-state index contributed by atoms with van der Waals surface area (Å²) in [6, 6.07) is 4.60. The molecule has 0 spiro atoms. The third-order valence-electron chi connectivity index (χ3n) is 3.37. The van der Waals surface area contributed by atoms with Crippen LogP contribution in [-0.4, -0.2) is 9.90 Å². The van der Waals surface area contributed by atoms with E-state index in [1.807, 2.05) is 23.5 Å². The molecule has 3 heteroatoms. The summed E-state index contributed by atoms with van der Waals surface area (Å²) in [6.07, 6.45) is 0. The van der Waals surface area contributed by atoms with Crippen molar-refractivity contribution in [2.75, 3.05) is 0 Å². The van der Waals surface area contributed by atoms with Gasteiger partial charge in [0.2, 0.25) is 5.52 Å². The smallest absolute Gasteiger partial charge is 0.132 e. The third kappa shape index (κ3) is 1.94. The highest BCUT2D eigenvalue weighted by Gasteiger charge is 2.20. The van der Waals surface area contributed by atoms with Crippen LogP contribution in [0, 0.1) is 0 Å². The largest absolute Gasteiger partial charge is 0.201 e. The van der Waals surface area contributed by atoms with Gasteiger partial charge in [-0.1, -0.05) is 33.8 Å². The van der Waals surface area contributed by atoms with E-state index in [2.05, 4.69) is 45.0 Å². The first-order valence-electron chi connectivity index (χ1n) is 6.28. The van der Waals surface area contributed by atoms with Crippen LogP contribution in [0.4, 0.5) is 0 Å². The van der Waals surface area contributed by atoms with Crippen LogP contribution in [0.5, 0.6) is 0 Å². The Hall–Kier alpha value is -1.38. The van der Waals surface area contributed by atoms with Crippen LogP contribution in [0.1, 0.15) is 50.7 Å².